The van der Waals surface area contributed by atoms with Crippen LogP contribution in [0.3, 0.4) is 0 Å². The van der Waals surface area contributed by atoms with Crippen molar-refractivity contribution in [1.29, 1.82) is 0 Å². The van der Waals surface area contributed by atoms with Crippen LogP contribution in [0, 0.1) is 6.92 Å². The molecule has 0 bridgehead atoms. The van der Waals surface area contributed by atoms with Gasteiger partial charge >= 0.3 is 0 Å². The molecule has 36 heavy (non-hydrogen) atoms. The first-order valence-corrected chi connectivity index (χ1v) is 12.9. The molecule has 3 aromatic rings. The highest BCUT2D eigenvalue weighted by atomic mass is 35.5. The minimum absolute atomic E-state index is 0.0715. The number of aryl methyl sites for hydroxylation is 1. The molecule has 1 N–H and O–H groups in total. The van der Waals surface area contributed by atoms with E-state index in [1.54, 1.807) is 18.3 Å². The van der Waals surface area contributed by atoms with Gasteiger partial charge in [-0.05, 0) is 63.9 Å². The number of hydrogen-bond donors (Lipinski definition) is 1. The highest BCUT2D eigenvalue weighted by Crippen LogP contribution is 2.34. The van der Waals surface area contributed by atoms with Crippen LogP contribution in [-0.2, 0) is 4.79 Å². The molecule has 1 aromatic carbocycles. The molecule has 188 valence electrons. The number of likely N-dealkylation sites (tertiary alicyclic amines) is 1. The number of aromatic nitrogens is 3. The second-order valence-corrected chi connectivity index (χ2v) is 10.1. The molecule has 2 aliphatic heterocycles. The maximum atomic E-state index is 13.5. The van der Waals surface area contributed by atoms with E-state index >= 15 is 0 Å². The summed E-state index contributed by atoms with van der Waals surface area (Å²) in [5.41, 5.74) is 3.62. The quantitative estimate of drug-likeness (QED) is 0.564. The molecule has 1 saturated heterocycles. The van der Waals surface area contributed by atoms with Crippen molar-refractivity contribution >= 4 is 40.4 Å². The predicted octanol–water partition coefficient (Wildman–Crippen LogP) is 4.46. The van der Waals surface area contributed by atoms with Crippen LogP contribution < -0.4 is 5.32 Å². The van der Waals surface area contributed by atoms with Gasteiger partial charge in [0.25, 0.3) is 11.8 Å². The molecule has 0 spiro atoms. The summed E-state index contributed by atoms with van der Waals surface area (Å²) in [7, 11) is 2.05. The van der Waals surface area contributed by atoms with Crippen LogP contribution in [0.25, 0.3) is 11.0 Å². The van der Waals surface area contributed by atoms with Gasteiger partial charge in [0.15, 0.2) is 0 Å². The zero-order valence-electron chi connectivity index (χ0n) is 20.7. The monoisotopic (exact) mass is 506 g/mol. The summed E-state index contributed by atoms with van der Waals surface area (Å²) in [5.74, 6) is 0.278. The lowest BCUT2D eigenvalue weighted by atomic mass is 10.1. The summed E-state index contributed by atoms with van der Waals surface area (Å²) in [6.07, 6.45) is 7.35. The first kappa shape index (κ1) is 24.5. The number of halogens is 1. The Morgan fingerprint density at radius 3 is 2.83 bits per heavy atom. The molecular weight excluding hydrogens is 476 g/mol. The molecular formula is C27H31ClN6O2. The molecule has 4 heterocycles. The van der Waals surface area contributed by atoms with Crippen LogP contribution in [0.2, 0.25) is 5.02 Å². The molecule has 0 aliphatic carbocycles. The summed E-state index contributed by atoms with van der Waals surface area (Å²) in [6.45, 7) is 4.75. The first-order chi connectivity index (χ1) is 17.4. The van der Waals surface area contributed by atoms with Crippen molar-refractivity contribution in [2.75, 3.05) is 38.5 Å². The number of fused-ring (bicyclic) bond motifs is 1. The Labute approximate surface area is 215 Å². The number of nitrogens with zero attached hydrogens (tertiary/aromatic N) is 5. The van der Waals surface area contributed by atoms with Crippen LogP contribution in [0.1, 0.15) is 47.8 Å². The van der Waals surface area contributed by atoms with E-state index in [0.29, 0.717) is 41.7 Å². The number of hydrogen-bond acceptors (Lipinski definition) is 5. The number of carbonyl (C=O) groups is 2. The third-order valence-electron chi connectivity index (χ3n) is 6.96. The van der Waals surface area contributed by atoms with Gasteiger partial charge in [-0.2, -0.15) is 0 Å². The van der Waals surface area contributed by atoms with Crippen LogP contribution in [0.15, 0.2) is 48.2 Å². The molecule has 8 nitrogen and oxygen atoms in total. The molecule has 1 atom stereocenters. The smallest absolute Gasteiger partial charge is 0.258 e. The lowest BCUT2D eigenvalue weighted by Crippen LogP contribution is -2.40. The maximum Gasteiger partial charge on any atom is 0.258 e. The molecule has 2 aromatic heterocycles. The van der Waals surface area contributed by atoms with E-state index in [1.165, 1.54) is 0 Å². The molecule has 0 saturated carbocycles. The molecule has 2 amide bonds. The maximum absolute atomic E-state index is 13.5. The van der Waals surface area contributed by atoms with Crippen molar-refractivity contribution in [2.45, 2.75) is 38.6 Å². The Hall–Kier alpha value is -3.23. The summed E-state index contributed by atoms with van der Waals surface area (Å²) in [6, 6.07) is 8.95. The molecule has 0 unspecified atom stereocenters. The van der Waals surface area contributed by atoms with E-state index in [4.69, 9.17) is 16.6 Å². The van der Waals surface area contributed by atoms with Crippen LogP contribution >= 0.6 is 11.6 Å². The van der Waals surface area contributed by atoms with Crippen molar-refractivity contribution in [1.82, 2.24) is 24.3 Å². The van der Waals surface area contributed by atoms with E-state index in [2.05, 4.69) is 21.3 Å². The van der Waals surface area contributed by atoms with Gasteiger partial charge in [0.1, 0.15) is 0 Å². The largest absolute Gasteiger partial charge is 0.337 e. The van der Waals surface area contributed by atoms with Crippen molar-refractivity contribution in [3.63, 3.8) is 0 Å². The average Bonchev–Trinajstić information content (AvgIpc) is 3.05. The zero-order valence-corrected chi connectivity index (χ0v) is 21.5. The highest BCUT2D eigenvalue weighted by molar-refractivity contribution is 6.35. The number of carbonyl (C=O) groups excluding carboxylic acids is 2. The number of nitrogens with one attached hydrogen (secondary N) is 1. The number of imidazole rings is 1. The minimum atomic E-state index is -0.259. The molecule has 9 heteroatoms. The lowest BCUT2D eigenvalue weighted by Gasteiger charge is -2.30. The van der Waals surface area contributed by atoms with Crippen LogP contribution in [0.4, 0.5) is 5.95 Å². The van der Waals surface area contributed by atoms with Crippen molar-refractivity contribution < 1.29 is 9.59 Å². The fourth-order valence-corrected chi connectivity index (χ4v) is 5.44. The minimum Gasteiger partial charge on any atom is -0.337 e. The Bertz CT molecular complexity index is 1330. The Morgan fingerprint density at radius 1 is 1.17 bits per heavy atom. The summed E-state index contributed by atoms with van der Waals surface area (Å²) in [5, 5.41) is 3.58. The topological polar surface area (TPSA) is 83.4 Å². The first-order valence-electron chi connectivity index (χ1n) is 12.5. The van der Waals surface area contributed by atoms with Gasteiger partial charge in [0.2, 0.25) is 5.95 Å². The fraction of sp³-hybridized carbons (Fsp3) is 0.407. The van der Waals surface area contributed by atoms with E-state index in [-0.39, 0.29) is 17.9 Å². The number of likely N-dealkylation sites (N-methyl/N-ethyl adjacent to an activating group) is 1. The summed E-state index contributed by atoms with van der Waals surface area (Å²) < 4.78 is 2.02. The standard InChI is InChI=1S/C27H31ClN6O2/c1-18-15-19(11-12-29-18)25(35)31-27-30-23-10-5-9-22(28)24(23)34(27)21-8-3-4-14-33(17-21)26(36)20-7-6-13-32(2)16-20/h5,7,9-12,15,21H,3-4,6,8,13-14,16-17H2,1-2H3,(H,30,31,35)/t21-/m1/s1. The number of benzene rings is 1. The van der Waals surface area contributed by atoms with Crippen molar-refractivity contribution in [3.8, 4) is 0 Å². The number of amides is 2. The molecule has 1 fully saturated rings. The van der Waals surface area contributed by atoms with E-state index in [1.807, 2.05) is 41.6 Å². The third kappa shape index (κ3) is 5.01. The van der Waals surface area contributed by atoms with Crippen LogP contribution in [-0.4, -0.2) is 69.4 Å². The van der Waals surface area contributed by atoms with Crippen LogP contribution in [0.5, 0.6) is 0 Å². The van der Waals surface area contributed by atoms with Gasteiger partial charge in [0, 0.05) is 49.2 Å². The SMILES string of the molecule is Cc1cc(C(=O)Nc2nc3cccc(Cl)c3n2[C@@H]2CCCCN(C(=O)C3=CCCN(C)C3)C2)ccn1. The summed E-state index contributed by atoms with van der Waals surface area (Å²) in [4.78, 5) is 39.7. The van der Waals surface area contributed by atoms with Gasteiger partial charge in [-0.1, -0.05) is 23.7 Å². The lowest BCUT2D eigenvalue weighted by molar-refractivity contribution is -0.127. The Balaban J connectivity index is 1.49. The second kappa shape index (κ2) is 10.4. The molecule has 0 radical (unpaired) electrons. The van der Waals surface area contributed by atoms with Gasteiger partial charge < -0.3 is 14.4 Å². The highest BCUT2D eigenvalue weighted by Gasteiger charge is 2.30. The summed E-state index contributed by atoms with van der Waals surface area (Å²) >= 11 is 6.67. The van der Waals surface area contributed by atoms with Crippen molar-refractivity contribution in [2.24, 2.45) is 0 Å². The van der Waals surface area contributed by atoms with Gasteiger partial charge in [-0.15, -0.1) is 0 Å². The predicted molar refractivity (Wildman–Crippen MR) is 141 cm³/mol. The van der Waals surface area contributed by atoms with E-state index < -0.39 is 0 Å². The second-order valence-electron chi connectivity index (χ2n) is 9.71. The number of anilines is 1. The van der Waals surface area contributed by atoms with Gasteiger partial charge in [0.05, 0.1) is 22.1 Å². The normalized spacial score (nSPS) is 19.1. The Morgan fingerprint density at radius 2 is 2.03 bits per heavy atom. The molecule has 5 rings (SSSR count). The average molecular weight is 507 g/mol. The number of rotatable bonds is 4. The van der Waals surface area contributed by atoms with E-state index in [9.17, 15) is 9.59 Å². The van der Waals surface area contributed by atoms with Gasteiger partial charge in [-0.3, -0.25) is 19.9 Å². The Kier molecular flexibility index (Phi) is 7.07. The number of pyridine rings is 1. The third-order valence-corrected chi connectivity index (χ3v) is 7.27. The zero-order chi connectivity index (χ0) is 25.2. The fourth-order valence-electron chi connectivity index (χ4n) is 5.18. The van der Waals surface area contributed by atoms with Crippen molar-refractivity contribution in [3.05, 3.63) is 64.5 Å². The van der Waals surface area contributed by atoms with Gasteiger partial charge in [-0.25, -0.2) is 4.98 Å². The molecule has 2 aliphatic rings. The van der Waals surface area contributed by atoms with E-state index in [0.717, 1.165) is 49.0 Å². The number of para-hydroxylation sites is 1.